The Morgan fingerprint density at radius 2 is 1.76 bits per heavy atom. The van der Waals surface area contributed by atoms with E-state index < -0.39 is 0 Å². The molecule has 4 aliphatic rings. The molecule has 5 rings (SSSR count). The third-order valence-electron chi connectivity index (χ3n) is 8.10. The van der Waals surface area contributed by atoms with Crippen molar-refractivity contribution in [2.24, 2.45) is 11.8 Å². The highest BCUT2D eigenvalue weighted by Crippen LogP contribution is 2.44. The molecule has 5 nitrogen and oxygen atoms in total. The molecule has 0 aromatic heterocycles. The van der Waals surface area contributed by atoms with Crippen molar-refractivity contribution in [2.45, 2.75) is 76.4 Å². The minimum atomic E-state index is 0.151. The second-order valence-electron chi connectivity index (χ2n) is 9.65. The van der Waals surface area contributed by atoms with E-state index >= 15 is 0 Å². The average molecular weight is 397 g/mol. The predicted molar refractivity (Wildman–Crippen MR) is 118 cm³/mol. The first-order chi connectivity index (χ1) is 14.2. The number of hydrogen-bond acceptors (Lipinski definition) is 4. The Morgan fingerprint density at radius 3 is 2.59 bits per heavy atom. The van der Waals surface area contributed by atoms with Gasteiger partial charge in [-0.05, 0) is 62.5 Å². The van der Waals surface area contributed by atoms with Gasteiger partial charge in [-0.1, -0.05) is 25.0 Å². The van der Waals surface area contributed by atoms with E-state index in [0.29, 0.717) is 18.0 Å². The molecular weight excluding hydrogens is 360 g/mol. The standard InChI is InChI=1S/C24H36N4O/c1-17(29)26-21-9-4-7-20-19(21)6-5-11-23(20)27-14-12-18(13-15-27)28-16-25-22-8-2-3-10-24(22)28/h2-3,8,10,18-21,23,25H,4-7,9,11-16H2,1H3,(H,26,29). The maximum atomic E-state index is 11.7. The van der Waals surface area contributed by atoms with E-state index in [1.54, 1.807) is 6.92 Å². The van der Waals surface area contributed by atoms with Gasteiger partial charge in [0.1, 0.15) is 0 Å². The number of benzene rings is 1. The lowest BCUT2D eigenvalue weighted by Gasteiger charge is -2.51. The molecule has 1 amide bonds. The van der Waals surface area contributed by atoms with Gasteiger partial charge in [-0.3, -0.25) is 9.69 Å². The van der Waals surface area contributed by atoms with Gasteiger partial charge in [0.05, 0.1) is 18.0 Å². The summed E-state index contributed by atoms with van der Waals surface area (Å²) in [6.45, 7) is 5.08. The molecule has 1 saturated heterocycles. The maximum absolute atomic E-state index is 11.7. The van der Waals surface area contributed by atoms with Gasteiger partial charge in [0.2, 0.25) is 5.91 Å². The lowest BCUT2D eigenvalue weighted by Crippen LogP contribution is -2.56. The lowest BCUT2D eigenvalue weighted by atomic mass is 9.65. The van der Waals surface area contributed by atoms with Gasteiger partial charge in [0.15, 0.2) is 0 Å². The van der Waals surface area contributed by atoms with Crippen molar-refractivity contribution >= 4 is 17.3 Å². The topological polar surface area (TPSA) is 47.6 Å². The summed E-state index contributed by atoms with van der Waals surface area (Å²) in [7, 11) is 0. The van der Waals surface area contributed by atoms with E-state index in [9.17, 15) is 4.79 Å². The molecule has 2 aliphatic carbocycles. The smallest absolute Gasteiger partial charge is 0.217 e. The van der Waals surface area contributed by atoms with Crippen LogP contribution in [0.25, 0.3) is 0 Å². The number of piperidine rings is 1. The minimum absolute atomic E-state index is 0.151. The summed E-state index contributed by atoms with van der Waals surface area (Å²) in [6.07, 6.45) is 10.3. The number of likely N-dealkylation sites (tertiary alicyclic amines) is 1. The Balaban J connectivity index is 1.22. The van der Waals surface area contributed by atoms with E-state index in [0.717, 1.165) is 18.6 Å². The van der Waals surface area contributed by atoms with Crippen LogP contribution in [0.3, 0.4) is 0 Å². The number of amides is 1. The number of carbonyl (C=O) groups excluding carboxylic acids is 1. The number of nitrogens with zero attached hydrogens (tertiary/aromatic N) is 2. The van der Waals surface area contributed by atoms with Crippen molar-refractivity contribution in [3.8, 4) is 0 Å². The Hall–Kier alpha value is -1.75. The van der Waals surface area contributed by atoms with Gasteiger partial charge < -0.3 is 15.5 Å². The quantitative estimate of drug-likeness (QED) is 0.816. The van der Waals surface area contributed by atoms with Gasteiger partial charge in [-0.2, -0.15) is 0 Å². The predicted octanol–water partition coefficient (Wildman–Crippen LogP) is 3.81. The first-order valence-corrected chi connectivity index (χ1v) is 11.8. The van der Waals surface area contributed by atoms with Gasteiger partial charge >= 0.3 is 0 Å². The Labute approximate surface area is 175 Å². The fourth-order valence-corrected chi connectivity index (χ4v) is 6.85. The SMILES string of the molecule is CC(=O)NC1CCCC2C1CCCC2N1CCC(N2CNc3ccccc32)CC1. The number of nitrogens with one attached hydrogen (secondary N) is 2. The van der Waals surface area contributed by atoms with E-state index in [1.807, 2.05) is 0 Å². The Morgan fingerprint density at radius 1 is 1.00 bits per heavy atom. The van der Waals surface area contributed by atoms with Gasteiger partial charge in [0, 0.05) is 38.1 Å². The second-order valence-corrected chi connectivity index (χ2v) is 9.65. The van der Waals surface area contributed by atoms with Crippen LogP contribution in [0.1, 0.15) is 58.3 Å². The van der Waals surface area contributed by atoms with Crippen LogP contribution in [0, 0.1) is 11.8 Å². The third kappa shape index (κ3) is 3.74. The molecule has 4 unspecified atom stereocenters. The van der Waals surface area contributed by atoms with Crippen molar-refractivity contribution in [3.63, 3.8) is 0 Å². The summed E-state index contributed by atoms with van der Waals surface area (Å²) in [5, 5.41) is 6.84. The average Bonchev–Trinajstić information content (AvgIpc) is 3.18. The molecule has 0 spiro atoms. The van der Waals surface area contributed by atoms with E-state index in [4.69, 9.17) is 0 Å². The zero-order valence-electron chi connectivity index (χ0n) is 17.8. The molecule has 2 saturated carbocycles. The molecule has 2 heterocycles. The fourth-order valence-electron chi connectivity index (χ4n) is 6.85. The first-order valence-electron chi connectivity index (χ1n) is 11.8. The van der Waals surface area contributed by atoms with Crippen LogP contribution < -0.4 is 15.5 Å². The van der Waals surface area contributed by atoms with Gasteiger partial charge in [-0.25, -0.2) is 0 Å². The lowest BCUT2D eigenvalue weighted by molar-refractivity contribution is -0.121. The Bertz CT molecular complexity index is 729. The first kappa shape index (κ1) is 19.2. The summed E-state index contributed by atoms with van der Waals surface area (Å²) in [5.74, 6) is 1.62. The van der Waals surface area contributed by atoms with Crippen molar-refractivity contribution in [1.82, 2.24) is 10.2 Å². The number of anilines is 2. The molecule has 2 N–H and O–H groups in total. The van der Waals surface area contributed by atoms with Crippen LogP contribution in [-0.2, 0) is 4.79 Å². The zero-order valence-corrected chi connectivity index (χ0v) is 17.8. The molecule has 1 aromatic rings. The highest BCUT2D eigenvalue weighted by Gasteiger charge is 2.43. The normalized spacial score (nSPS) is 32.9. The third-order valence-corrected chi connectivity index (χ3v) is 8.10. The molecule has 2 aliphatic heterocycles. The number of fused-ring (bicyclic) bond motifs is 2. The molecular formula is C24H36N4O. The molecule has 1 aromatic carbocycles. The fraction of sp³-hybridized carbons (Fsp3) is 0.708. The molecule has 3 fully saturated rings. The number of rotatable bonds is 3. The molecule has 0 bridgehead atoms. The second kappa shape index (κ2) is 8.17. The zero-order chi connectivity index (χ0) is 19.8. The highest BCUT2D eigenvalue weighted by atomic mass is 16.1. The number of para-hydroxylation sites is 2. The van der Waals surface area contributed by atoms with Crippen LogP contribution in [-0.4, -0.2) is 48.7 Å². The van der Waals surface area contributed by atoms with Crippen LogP contribution >= 0.6 is 0 Å². The summed E-state index contributed by atoms with van der Waals surface area (Å²) >= 11 is 0. The summed E-state index contributed by atoms with van der Waals surface area (Å²) in [5.41, 5.74) is 2.67. The molecule has 4 atom stereocenters. The summed E-state index contributed by atoms with van der Waals surface area (Å²) < 4.78 is 0. The molecule has 5 heteroatoms. The summed E-state index contributed by atoms with van der Waals surface area (Å²) in [4.78, 5) is 17.1. The van der Waals surface area contributed by atoms with E-state index in [-0.39, 0.29) is 5.91 Å². The van der Waals surface area contributed by atoms with Crippen LogP contribution in [0.5, 0.6) is 0 Å². The largest absolute Gasteiger partial charge is 0.366 e. The van der Waals surface area contributed by atoms with Crippen LogP contribution in [0.15, 0.2) is 24.3 Å². The van der Waals surface area contributed by atoms with E-state index in [1.165, 1.54) is 75.8 Å². The van der Waals surface area contributed by atoms with Crippen molar-refractivity contribution in [2.75, 3.05) is 30.0 Å². The monoisotopic (exact) mass is 396 g/mol. The van der Waals surface area contributed by atoms with Gasteiger partial charge in [0.25, 0.3) is 0 Å². The Kier molecular flexibility index (Phi) is 5.42. The minimum Gasteiger partial charge on any atom is -0.366 e. The number of carbonyl (C=O) groups is 1. The van der Waals surface area contributed by atoms with Crippen molar-refractivity contribution in [3.05, 3.63) is 24.3 Å². The van der Waals surface area contributed by atoms with E-state index in [2.05, 4.69) is 44.7 Å². The van der Waals surface area contributed by atoms with Crippen molar-refractivity contribution < 1.29 is 4.79 Å². The summed E-state index contributed by atoms with van der Waals surface area (Å²) in [6, 6.07) is 10.5. The maximum Gasteiger partial charge on any atom is 0.217 e. The molecule has 158 valence electrons. The molecule has 0 radical (unpaired) electrons. The van der Waals surface area contributed by atoms with Crippen LogP contribution in [0.4, 0.5) is 11.4 Å². The van der Waals surface area contributed by atoms with Gasteiger partial charge in [-0.15, -0.1) is 0 Å². The van der Waals surface area contributed by atoms with Crippen molar-refractivity contribution in [1.29, 1.82) is 0 Å². The number of hydrogen-bond donors (Lipinski definition) is 2. The highest BCUT2D eigenvalue weighted by molar-refractivity contribution is 5.75. The molecule has 29 heavy (non-hydrogen) atoms. The van der Waals surface area contributed by atoms with Crippen LogP contribution in [0.2, 0.25) is 0 Å².